The molecule has 1 aromatic heterocycles. The molecule has 0 saturated carbocycles. The molecule has 0 N–H and O–H groups in total. The SMILES string of the molecule is COCC(=O)c1sc(-c2cccc(F)c2)nc1OC. The number of carbonyl (C=O) groups excluding carboxylic acids is 1. The molecule has 100 valence electrons. The fourth-order valence-electron chi connectivity index (χ4n) is 1.56. The minimum absolute atomic E-state index is 0.0405. The van der Waals surface area contributed by atoms with Crippen LogP contribution in [0.5, 0.6) is 5.88 Å². The molecule has 2 rings (SSSR count). The van der Waals surface area contributed by atoms with Crippen LogP contribution in [0.2, 0.25) is 0 Å². The molecule has 0 aliphatic heterocycles. The number of hydrogen-bond acceptors (Lipinski definition) is 5. The number of rotatable bonds is 5. The van der Waals surface area contributed by atoms with Crippen molar-refractivity contribution in [2.45, 2.75) is 0 Å². The summed E-state index contributed by atoms with van der Waals surface area (Å²) in [5.74, 6) is -0.317. The monoisotopic (exact) mass is 281 g/mol. The van der Waals surface area contributed by atoms with Gasteiger partial charge in [0.15, 0.2) is 0 Å². The first-order chi connectivity index (χ1) is 9.15. The lowest BCUT2D eigenvalue weighted by molar-refractivity contribution is 0.0849. The summed E-state index contributed by atoms with van der Waals surface area (Å²) >= 11 is 1.16. The van der Waals surface area contributed by atoms with Gasteiger partial charge < -0.3 is 9.47 Å². The van der Waals surface area contributed by atoms with Crippen LogP contribution in [0.4, 0.5) is 4.39 Å². The Morgan fingerprint density at radius 2 is 2.21 bits per heavy atom. The zero-order chi connectivity index (χ0) is 13.8. The maximum absolute atomic E-state index is 13.2. The molecule has 0 spiro atoms. The number of Topliss-reactive ketones (excluding diaryl/α,β-unsaturated/α-hetero) is 1. The fraction of sp³-hybridized carbons (Fsp3) is 0.231. The van der Waals surface area contributed by atoms with E-state index < -0.39 is 0 Å². The molecule has 0 bridgehead atoms. The maximum atomic E-state index is 13.2. The predicted octanol–water partition coefficient (Wildman–Crippen LogP) is 2.79. The number of halogens is 1. The number of benzene rings is 1. The van der Waals surface area contributed by atoms with Crippen LogP contribution < -0.4 is 4.74 Å². The number of ether oxygens (including phenoxy) is 2. The number of aromatic nitrogens is 1. The topological polar surface area (TPSA) is 48.4 Å². The van der Waals surface area contributed by atoms with Gasteiger partial charge in [0, 0.05) is 12.7 Å². The van der Waals surface area contributed by atoms with E-state index in [0.29, 0.717) is 15.4 Å². The normalized spacial score (nSPS) is 10.5. The van der Waals surface area contributed by atoms with E-state index in [1.807, 2.05) is 0 Å². The van der Waals surface area contributed by atoms with E-state index in [4.69, 9.17) is 9.47 Å². The average molecular weight is 281 g/mol. The standard InChI is InChI=1S/C13H12FNO3S/c1-17-7-10(16)11-12(18-2)15-13(19-11)8-4-3-5-9(14)6-8/h3-6H,7H2,1-2H3. The molecule has 2 aromatic rings. The molecular formula is C13H12FNO3S. The van der Waals surface area contributed by atoms with Crippen molar-refractivity contribution in [3.8, 4) is 16.5 Å². The Morgan fingerprint density at radius 1 is 1.42 bits per heavy atom. The van der Waals surface area contributed by atoms with Gasteiger partial charge in [0.1, 0.15) is 22.3 Å². The summed E-state index contributed by atoms with van der Waals surface area (Å²) in [6.07, 6.45) is 0. The molecular weight excluding hydrogens is 269 g/mol. The van der Waals surface area contributed by atoms with Gasteiger partial charge in [-0.15, -0.1) is 11.3 Å². The first-order valence-corrected chi connectivity index (χ1v) is 6.30. The predicted molar refractivity (Wildman–Crippen MR) is 70.3 cm³/mol. The van der Waals surface area contributed by atoms with E-state index in [-0.39, 0.29) is 24.1 Å². The summed E-state index contributed by atoms with van der Waals surface area (Å²) in [4.78, 5) is 16.4. The first-order valence-electron chi connectivity index (χ1n) is 5.48. The molecule has 0 aliphatic carbocycles. The molecule has 1 aromatic carbocycles. The lowest BCUT2D eigenvalue weighted by Crippen LogP contribution is -2.06. The molecule has 4 nitrogen and oxygen atoms in total. The van der Waals surface area contributed by atoms with Crippen molar-refractivity contribution >= 4 is 17.1 Å². The highest BCUT2D eigenvalue weighted by Crippen LogP contribution is 2.32. The van der Waals surface area contributed by atoms with E-state index >= 15 is 0 Å². The van der Waals surface area contributed by atoms with Crippen LogP contribution in [0.3, 0.4) is 0 Å². The Hall–Kier alpha value is -1.79. The Bertz CT molecular complexity index is 597. The van der Waals surface area contributed by atoms with Crippen LogP contribution >= 0.6 is 11.3 Å². The number of carbonyl (C=O) groups is 1. The molecule has 0 atom stereocenters. The van der Waals surface area contributed by atoms with Crippen LogP contribution in [0.1, 0.15) is 9.67 Å². The summed E-state index contributed by atoms with van der Waals surface area (Å²) in [6.45, 7) is -0.0405. The average Bonchev–Trinajstić information content (AvgIpc) is 2.83. The molecule has 6 heteroatoms. The Kier molecular flexibility index (Phi) is 4.24. The number of thiazole rings is 1. The van der Waals surface area contributed by atoms with E-state index in [1.165, 1.54) is 26.4 Å². The molecule has 19 heavy (non-hydrogen) atoms. The van der Waals surface area contributed by atoms with Gasteiger partial charge in [-0.05, 0) is 12.1 Å². The van der Waals surface area contributed by atoms with Gasteiger partial charge in [0.25, 0.3) is 0 Å². The summed E-state index contributed by atoms with van der Waals surface area (Å²) in [7, 11) is 2.88. The highest BCUT2D eigenvalue weighted by Gasteiger charge is 2.19. The lowest BCUT2D eigenvalue weighted by atomic mass is 10.2. The zero-order valence-electron chi connectivity index (χ0n) is 10.5. The molecule has 0 unspecified atom stereocenters. The molecule has 0 amide bonds. The van der Waals surface area contributed by atoms with E-state index in [0.717, 1.165) is 11.3 Å². The van der Waals surface area contributed by atoms with Crippen molar-refractivity contribution in [1.29, 1.82) is 0 Å². The van der Waals surface area contributed by atoms with E-state index in [9.17, 15) is 9.18 Å². The Labute approximate surface area is 113 Å². The van der Waals surface area contributed by atoms with Crippen LogP contribution in [-0.4, -0.2) is 31.6 Å². The van der Waals surface area contributed by atoms with Gasteiger partial charge in [-0.1, -0.05) is 12.1 Å². The molecule has 0 fully saturated rings. The third-order valence-electron chi connectivity index (χ3n) is 2.39. The summed E-state index contributed by atoms with van der Waals surface area (Å²) < 4.78 is 23.1. The first kappa shape index (κ1) is 13.6. The van der Waals surface area contributed by atoms with Crippen LogP contribution in [-0.2, 0) is 4.74 Å². The van der Waals surface area contributed by atoms with Gasteiger partial charge in [-0.25, -0.2) is 9.37 Å². The second-order valence-corrected chi connectivity index (χ2v) is 4.72. The second kappa shape index (κ2) is 5.90. The van der Waals surface area contributed by atoms with Gasteiger partial charge in [0.05, 0.1) is 7.11 Å². The second-order valence-electron chi connectivity index (χ2n) is 3.72. The summed E-state index contributed by atoms with van der Waals surface area (Å²) in [5.41, 5.74) is 0.611. The largest absolute Gasteiger partial charge is 0.480 e. The molecule has 0 radical (unpaired) electrons. The van der Waals surface area contributed by atoms with Crippen LogP contribution in [0.15, 0.2) is 24.3 Å². The summed E-state index contributed by atoms with van der Waals surface area (Å²) in [6, 6.07) is 6.04. The van der Waals surface area contributed by atoms with E-state index in [2.05, 4.69) is 4.98 Å². The number of ketones is 1. The van der Waals surface area contributed by atoms with Crippen molar-refractivity contribution in [3.63, 3.8) is 0 Å². The Balaban J connectivity index is 2.41. The third kappa shape index (κ3) is 2.97. The maximum Gasteiger partial charge on any atom is 0.236 e. The Morgan fingerprint density at radius 3 is 2.84 bits per heavy atom. The quantitative estimate of drug-likeness (QED) is 0.791. The van der Waals surface area contributed by atoms with Crippen molar-refractivity contribution in [1.82, 2.24) is 4.98 Å². The minimum Gasteiger partial charge on any atom is -0.480 e. The van der Waals surface area contributed by atoms with Crippen molar-refractivity contribution < 1.29 is 18.7 Å². The van der Waals surface area contributed by atoms with Gasteiger partial charge in [-0.2, -0.15) is 0 Å². The summed E-state index contributed by atoms with van der Waals surface area (Å²) in [5, 5.41) is 0.538. The zero-order valence-corrected chi connectivity index (χ0v) is 11.3. The molecule has 1 heterocycles. The van der Waals surface area contributed by atoms with Crippen molar-refractivity contribution in [2.24, 2.45) is 0 Å². The lowest BCUT2D eigenvalue weighted by Gasteiger charge is -1.97. The van der Waals surface area contributed by atoms with Crippen LogP contribution in [0, 0.1) is 5.82 Å². The fourth-order valence-corrected chi connectivity index (χ4v) is 2.52. The van der Waals surface area contributed by atoms with Gasteiger partial charge in [0.2, 0.25) is 11.7 Å². The van der Waals surface area contributed by atoms with E-state index in [1.54, 1.807) is 12.1 Å². The molecule has 0 aliphatic rings. The number of nitrogens with zero attached hydrogens (tertiary/aromatic N) is 1. The van der Waals surface area contributed by atoms with Crippen molar-refractivity contribution in [2.75, 3.05) is 20.8 Å². The number of methoxy groups -OCH3 is 2. The van der Waals surface area contributed by atoms with Gasteiger partial charge >= 0.3 is 0 Å². The van der Waals surface area contributed by atoms with Gasteiger partial charge in [-0.3, -0.25) is 4.79 Å². The smallest absolute Gasteiger partial charge is 0.236 e. The highest BCUT2D eigenvalue weighted by atomic mass is 32.1. The van der Waals surface area contributed by atoms with Crippen LogP contribution in [0.25, 0.3) is 10.6 Å². The van der Waals surface area contributed by atoms with Crippen molar-refractivity contribution in [3.05, 3.63) is 35.0 Å². The molecule has 0 saturated heterocycles. The highest BCUT2D eigenvalue weighted by molar-refractivity contribution is 7.17. The minimum atomic E-state index is -0.351. The number of hydrogen-bond donors (Lipinski definition) is 0. The third-order valence-corrected chi connectivity index (χ3v) is 3.52.